The molecule has 0 atom stereocenters. The summed E-state index contributed by atoms with van der Waals surface area (Å²) in [6, 6.07) is 0. The molecule has 0 amide bonds. The summed E-state index contributed by atoms with van der Waals surface area (Å²) >= 11 is 3.00. The van der Waals surface area contributed by atoms with Crippen LogP contribution in [0.5, 0.6) is 0 Å². The van der Waals surface area contributed by atoms with Gasteiger partial charge in [-0.2, -0.15) is 0 Å². The van der Waals surface area contributed by atoms with Gasteiger partial charge in [-0.25, -0.2) is 4.79 Å². The van der Waals surface area contributed by atoms with Crippen LogP contribution < -0.4 is 0 Å². The average molecular weight is 235 g/mol. The molecule has 0 aliphatic rings. The summed E-state index contributed by atoms with van der Waals surface area (Å²) in [5, 5.41) is 0. The third-order valence-electron chi connectivity index (χ3n) is 1.21. The van der Waals surface area contributed by atoms with E-state index in [2.05, 4.69) is 20.7 Å². The summed E-state index contributed by atoms with van der Waals surface area (Å²) in [6.45, 7) is 3.52. The van der Waals surface area contributed by atoms with Gasteiger partial charge in [-0.1, -0.05) is 13.8 Å². The highest BCUT2D eigenvalue weighted by Crippen LogP contribution is 2.12. The molecular formula is C8H11BrO3. The van der Waals surface area contributed by atoms with Gasteiger partial charge < -0.3 is 4.74 Å². The van der Waals surface area contributed by atoms with Crippen LogP contribution in [0.3, 0.4) is 0 Å². The van der Waals surface area contributed by atoms with Crippen molar-refractivity contribution in [2.24, 2.45) is 5.92 Å². The molecule has 12 heavy (non-hydrogen) atoms. The van der Waals surface area contributed by atoms with Gasteiger partial charge in [-0.05, 0) is 15.9 Å². The van der Waals surface area contributed by atoms with Crippen molar-refractivity contribution in [2.75, 3.05) is 7.11 Å². The normalized spacial score (nSPS) is 11.6. The predicted molar refractivity (Wildman–Crippen MR) is 48.9 cm³/mol. The lowest BCUT2D eigenvalue weighted by atomic mass is 10.1. The van der Waals surface area contributed by atoms with Gasteiger partial charge in [0, 0.05) is 12.0 Å². The van der Waals surface area contributed by atoms with Crippen LogP contribution in [0.15, 0.2) is 10.6 Å². The third kappa shape index (κ3) is 3.67. The van der Waals surface area contributed by atoms with E-state index in [1.54, 1.807) is 13.8 Å². The van der Waals surface area contributed by atoms with E-state index in [1.807, 2.05) is 0 Å². The zero-order chi connectivity index (χ0) is 9.72. The number of carbonyl (C=O) groups is 2. The van der Waals surface area contributed by atoms with E-state index in [9.17, 15) is 9.59 Å². The third-order valence-corrected chi connectivity index (χ3v) is 1.83. The Morgan fingerprint density at radius 3 is 2.25 bits per heavy atom. The molecule has 0 saturated heterocycles. The summed E-state index contributed by atoms with van der Waals surface area (Å²) in [5.74, 6) is -0.767. The largest absolute Gasteiger partial charge is 0.466 e. The molecule has 0 aromatic rings. The molecule has 0 saturated carbocycles. The Morgan fingerprint density at radius 1 is 1.42 bits per heavy atom. The number of Topliss-reactive ketones (excluding diaryl/α,β-unsaturated/α-hetero) is 1. The van der Waals surface area contributed by atoms with Gasteiger partial charge in [0.05, 0.1) is 11.6 Å². The molecule has 0 aliphatic carbocycles. The fraction of sp³-hybridized carbons (Fsp3) is 0.500. The maximum atomic E-state index is 11.2. The minimum atomic E-state index is -0.532. The van der Waals surface area contributed by atoms with Gasteiger partial charge >= 0.3 is 5.97 Å². The molecule has 0 heterocycles. The average Bonchev–Trinajstić information content (AvgIpc) is 2.02. The van der Waals surface area contributed by atoms with E-state index in [0.29, 0.717) is 0 Å². The highest BCUT2D eigenvalue weighted by molar-refractivity contribution is 9.12. The Balaban J connectivity index is 4.38. The number of esters is 1. The number of ether oxygens (including phenoxy) is 1. The first kappa shape index (κ1) is 11.4. The second-order valence-electron chi connectivity index (χ2n) is 2.53. The monoisotopic (exact) mass is 234 g/mol. The number of allylic oxidation sites excluding steroid dienone is 1. The fourth-order valence-electron chi connectivity index (χ4n) is 0.509. The lowest BCUT2D eigenvalue weighted by Gasteiger charge is -2.01. The number of halogens is 1. The maximum absolute atomic E-state index is 11.2. The Bertz CT molecular complexity index is 218. The van der Waals surface area contributed by atoms with Crippen LogP contribution in [-0.2, 0) is 14.3 Å². The van der Waals surface area contributed by atoms with Gasteiger partial charge in [-0.3, -0.25) is 4.79 Å². The first-order valence-corrected chi connectivity index (χ1v) is 4.27. The van der Waals surface area contributed by atoms with Crippen LogP contribution in [-0.4, -0.2) is 18.9 Å². The molecular weight excluding hydrogens is 224 g/mol. The summed E-state index contributed by atoms with van der Waals surface area (Å²) < 4.78 is 4.61. The summed E-state index contributed by atoms with van der Waals surface area (Å²) in [6.07, 6.45) is 1.13. The molecule has 0 rings (SSSR count). The second-order valence-corrected chi connectivity index (χ2v) is 3.39. The van der Waals surface area contributed by atoms with Gasteiger partial charge in [-0.15, -0.1) is 0 Å². The van der Waals surface area contributed by atoms with Crippen molar-refractivity contribution in [1.29, 1.82) is 0 Å². The number of methoxy groups -OCH3 is 1. The maximum Gasteiger partial charge on any atom is 0.331 e. The van der Waals surface area contributed by atoms with Crippen LogP contribution in [0.4, 0.5) is 0 Å². The summed E-state index contributed by atoms with van der Waals surface area (Å²) in [4.78, 5) is 21.8. The van der Waals surface area contributed by atoms with Crippen molar-refractivity contribution in [1.82, 2.24) is 0 Å². The molecule has 0 aliphatic heterocycles. The minimum Gasteiger partial charge on any atom is -0.466 e. The molecule has 0 fully saturated rings. The minimum absolute atomic E-state index is 0.111. The Kier molecular flexibility index (Phi) is 4.81. The van der Waals surface area contributed by atoms with Crippen LogP contribution in [0.25, 0.3) is 0 Å². The smallest absolute Gasteiger partial charge is 0.331 e. The van der Waals surface area contributed by atoms with Crippen molar-refractivity contribution in [3.63, 3.8) is 0 Å². The number of carbonyl (C=O) groups excluding carboxylic acids is 2. The highest BCUT2D eigenvalue weighted by Gasteiger charge is 2.12. The SMILES string of the molecule is COC(=O)/C=C(/Br)C(=O)C(C)C. The van der Waals surface area contributed by atoms with Gasteiger partial charge in [0.15, 0.2) is 5.78 Å². The molecule has 0 bridgehead atoms. The molecule has 0 unspecified atom stereocenters. The first-order chi connectivity index (χ1) is 5.49. The van der Waals surface area contributed by atoms with Crippen molar-refractivity contribution in [2.45, 2.75) is 13.8 Å². The summed E-state index contributed by atoms with van der Waals surface area (Å²) in [5.41, 5.74) is 0. The fourth-order valence-corrected chi connectivity index (χ4v) is 1.15. The van der Waals surface area contributed by atoms with Crippen LogP contribution in [0, 0.1) is 5.92 Å². The van der Waals surface area contributed by atoms with Crippen molar-refractivity contribution >= 4 is 27.7 Å². The molecule has 4 heteroatoms. The zero-order valence-electron chi connectivity index (χ0n) is 7.26. The van der Waals surface area contributed by atoms with E-state index in [4.69, 9.17) is 0 Å². The molecule has 68 valence electrons. The van der Waals surface area contributed by atoms with Crippen molar-refractivity contribution < 1.29 is 14.3 Å². The van der Waals surface area contributed by atoms with E-state index in [0.717, 1.165) is 6.08 Å². The van der Waals surface area contributed by atoms with Crippen molar-refractivity contribution in [3.8, 4) is 0 Å². The quantitative estimate of drug-likeness (QED) is 0.552. The van der Waals surface area contributed by atoms with E-state index >= 15 is 0 Å². The van der Waals surface area contributed by atoms with E-state index in [1.165, 1.54) is 7.11 Å². The Labute approximate surface area is 79.9 Å². The molecule has 3 nitrogen and oxygen atoms in total. The standard InChI is InChI=1S/C8H11BrO3/c1-5(2)8(11)6(9)4-7(10)12-3/h4-5H,1-3H3/b6-4+. The molecule has 0 aromatic heterocycles. The van der Waals surface area contributed by atoms with E-state index < -0.39 is 5.97 Å². The van der Waals surface area contributed by atoms with Crippen LogP contribution in [0.1, 0.15) is 13.8 Å². The Hall–Kier alpha value is -0.640. The first-order valence-electron chi connectivity index (χ1n) is 3.48. The second kappa shape index (κ2) is 5.09. The lowest BCUT2D eigenvalue weighted by molar-refractivity contribution is -0.135. The number of hydrogen-bond acceptors (Lipinski definition) is 3. The van der Waals surface area contributed by atoms with Crippen LogP contribution in [0.2, 0.25) is 0 Å². The zero-order valence-corrected chi connectivity index (χ0v) is 8.84. The number of hydrogen-bond donors (Lipinski definition) is 0. The number of ketones is 1. The topological polar surface area (TPSA) is 43.4 Å². The number of rotatable bonds is 3. The molecule has 0 N–H and O–H groups in total. The molecule has 0 spiro atoms. The van der Waals surface area contributed by atoms with Gasteiger partial charge in [0.1, 0.15) is 0 Å². The van der Waals surface area contributed by atoms with E-state index in [-0.39, 0.29) is 16.2 Å². The molecule has 0 radical (unpaired) electrons. The Morgan fingerprint density at radius 2 is 1.92 bits per heavy atom. The highest BCUT2D eigenvalue weighted by atomic mass is 79.9. The summed E-state index contributed by atoms with van der Waals surface area (Å²) in [7, 11) is 1.26. The lowest BCUT2D eigenvalue weighted by Crippen LogP contribution is -2.08. The van der Waals surface area contributed by atoms with Crippen molar-refractivity contribution in [3.05, 3.63) is 10.6 Å². The van der Waals surface area contributed by atoms with Crippen LogP contribution >= 0.6 is 15.9 Å². The van der Waals surface area contributed by atoms with Gasteiger partial charge in [0.2, 0.25) is 0 Å². The van der Waals surface area contributed by atoms with Gasteiger partial charge in [0.25, 0.3) is 0 Å². The predicted octanol–water partition coefficient (Wildman–Crippen LogP) is 1.66. The molecule has 0 aromatic carbocycles.